The van der Waals surface area contributed by atoms with Gasteiger partial charge >= 0.3 is 6.18 Å². The third-order valence-corrected chi connectivity index (χ3v) is 3.35. The Hall–Kier alpha value is -1.31. The lowest BCUT2D eigenvalue weighted by Gasteiger charge is -2.16. The molecule has 0 aliphatic rings. The highest BCUT2D eigenvalue weighted by atomic mass is 79.9. The minimum Gasteiger partial charge on any atom is -0.381 e. The minimum absolute atomic E-state index is 0.0181. The van der Waals surface area contributed by atoms with E-state index in [9.17, 15) is 23.3 Å². The van der Waals surface area contributed by atoms with E-state index in [4.69, 9.17) is 0 Å². The van der Waals surface area contributed by atoms with E-state index < -0.39 is 17.5 Å². The quantitative estimate of drug-likeness (QED) is 0.584. The van der Waals surface area contributed by atoms with Gasteiger partial charge in [-0.3, -0.25) is 10.1 Å². The van der Waals surface area contributed by atoms with Gasteiger partial charge < -0.3 is 5.32 Å². The molecular formula is C12H14BrF3N2O2. The molecular weight excluding hydrogens is 341 g/mol. The van der Waals surface area contributed by atoms with Gasteiger partial charge in [-0.1, -0.05) is 0 Å². The number of nitrogens with zero attached hydrogens (tertiary/aromatic N) is 1. The second-order valence-electron chi connectivity index (χ2n) is 4.47. The molecule has 0 spiro atoms. The van der Waals surface area contributed by atoms with Gasteiger partial charge in [0.25, 0.3) is 5.69 Å². The second-order valence-corrected chi connectivity index (χ2v) is 5.33. The summed E-state index contributed by atoms with van der Waals surface area (Å²) in [6.45, 7) is 1.74. The number of halogens is 4. The Balaban J connectivity index is 2.59. The highest BCUT2D eigenvalue weighted by molar-refractivity contribution is 9.10. The zero-order valence-corrected chi connectivity index (χ0v) is 12.3. The van der Waals surface area contributed by atoms with Crippen molar-refractivity contribution >= 4 is 27.3 Å². The lowest BCUT2D eigenvalue weighted by atomic mass is 10.1. The molecule has 0 heterocycles. The smallest absolute Gasteiger partial charge is 0.381 e. The second kappa shape index (κ2) is 6.92. The van der Waals surface area contributed by atoms with E-state index in [1.807, 2.05) is 0 Å². The summed E-state index contributed by atoms with van der Waals surface area (Å²) in [4.78, 5) is 10.1. The molecule has 8 heteroatoms. The number of hydrogen-bond acceptors (Lipinski definition) is 3. The van der Waals surface area contributed by atoms with Crippen LogP contribution in [0.25, 0.3) is 0 Å². The van der Waals surface area contributed by atoms with Gasteiger partial charge in [-0.25, -0.2) is 0 Å². The molecule has 1 N–H and O–H groups in total. The highest BCUT2D eigenvalue weighted by Gasteiger charge is 2.26. The Kier molecular flexibility index (Phi) is 5.79. The molecule has 1 atom stereocenters. The van der Waals surface area contributed by atoms with Crippen LogP contribution in [0.15, 0.2) is 22.7 Å². The average Bonchev–Trinajstić information content (AvgIpc) is 2.30. The van der Waals surface area contributed by atoms with Crippen LogP contribution < -0.4 is 5.32 Å². The average molecular weight is 355 g/mol. The van der Waals surface area contributed by atoms with E-state index in [0.717, 1.165) is 0 Å². The zero-order chi connectivity index (χ0) is 15.3. The maximum absolute atomic E-state index is 12.0. The summed E-state index contributed by atoms with van der Waals surface area (Å²) in [5, 5.41) is 13.6. The fourth-order valence-corrected chi connectivity index (χ4v) is 2.04. The highest BCUT2D eigenvalue weighted by Crippen LogP contribution is 2.29. The van der Waals surface area contributed by atoms with Crippen LogP contribution >= 0.6 is 15.9 Å². The van der Waals surface area contributed by atoms with Crippen molar-refractivity contribution in [2.24, 2.45) is 0 Å². The molecule has 1 aromatic carbocycles. The molecule has 20 heavy (non-hydrogen) atoms. The van der Waals surface area contributed by atoms with Crippen LogP contribution in [0.2, 0.25) is 0 Å². The lowest BCUT2D eigenvalue weighted by Crippen LogP contribution is -2.17. The first-order valence-corrected chi connectivity index (χ1v) is 6.75. The maximum Gasteiger partial charge on any atom is 0.389 e. The van der Waals surface area contributed by atoms with Crippen molar-refractivity contribution in [3.8, 4) is 0 Å². The Morgan fingerprint density at radius 3 is 2.65 bits per heavy atom. The van der Waals surface area contributed by atoms with Crippen LogP contribution in [-0.4, -0.2) is 17.1 Å². The number of nitro groups is 1. The van der Waals surface area contributed by atoms with E-state index in [1.54, 1.807) is 6.92 Å². The standard InChI is InChI=1S/C12H14BrF3N2O2/c1-8(3-2-6-12(14,15)16)17-11-7-9(18(19)20)4-5-10(11)13/h4-5,7-8,17H,2-3,6H2,1H3. The van der Waals surface area contributed by atoms with E-state index in [2.05, 4.69) is 21.2 Å². The first-order chi connectivity index (χ1) is 9.19. The topological polar surface area (TPSA) is 55.2 Å². The van der Waals surface area contributed by atoms with Gasteiger partial charge in [-0.15, -0.1) is 0 Å². The molecule has 0 amide bonds. The van der Waals surface area contributed by atoms with Crippen LogP contribution in [0.5, 0.6) is 0 Å². The Labute approximate surface area is 122 Å². The summed E-state index contributed by atoms with van der Waals surface area (Å²) in [6.07, 6.45) is -4.63. The molecule has 0 saturated heterocycles. The van der Waals surface area contributed by atoms with Gasteiger partial charge in [0.2, 0.25) is 0 Å². The van der Waals surface area contributed by atoms with Gasteiger partial charge in [-0.2, -0.15) is 13.2 Å². The number of benzene rings is 1. The van der Waals surface area contributed by atoms with Crippen molar-refractivity contribution in [3.63, 3.8) is 0 Å². The van der Waals surface area contributed by atoms with Gasteiger partial charge in [0.05, 0.1) is 10.6 Å². The van der Waals surface area contributed by atoms with Crippen LogP contribution in [0.4, 0.5) is 24.5 Å². The lowest BCUT2D eigenvalue weighted by molar-refractivity contribution is -0.384. The molecule has 0 radical (unpaired) electrons. The van der Waals surface area contributed by atoms with Gasteiger partial charge in [-0.05, 0) is 41.8 Å². The molecule has 112 valence electrons. The molecule has 1 aromatic rings. The van der Waals surface area contributed by atoms with Gasteiger partial charge in [0, 0.05) is 29.1 Å². The molecule has 0 aliphatic carbocycles. The summed E-state index contributed by atoms with van der Waals surface area (Å²) in [5.74, 6) is 0. The van der Waals surface area contributed by atoms with E-state index in [0.29, 0.717) is 16.6 Å². The molecule has 0 aromatic heterocycles. The van der Waals surface area contributed by atoms with Gasteiger partial charge in [0.15, 0.2) is 0 Å². The van der Waals surface area contributed by atoms with Crippen molar-refractivity contribution in [2.75, 3.05) is 5.32 Å². The molecule has 0 fully saturated rings. The van der Waals surface area contributed by atoms with E-state index in [1.165, 1.54) is 18.2 Å². The molecule has 0 bridgehead atoms. The van der Waals surface area contributed by atoms with Crippen molar-refractivity contribution < 1.29 is 18.1 Å². The molecule has 1 unspecified atom stereocenters. The van der Waals surface area contributed by atoms with E-state index >= 15 is 0 Å². The minimum atomic E-state index is -4.15. The number of rotatable bonds is 6. The number of nitrogens with one attached hydrogen (secondary N) is 1. The predicted molar refractivity (Wildman–Crippen MR) is 73.8 cm³/mol. The number of non-ortho nitro benzene ring substituents is 1. The summed E-state index contributed by atoms with van der Waals surface area (Å²) in [6, 6.07) is 4.02. The monoisotopic (exact) mass is 354 g/mol. The predicted octanol–water partition coefficient (Wildman–Crippen LogP) is 4.89. The van der Waals surface area contributed by atoms with Crippen molar-refractivity contribution in [2.45, 2.75) is 38.4 Å². The first kappa shape index (κ1) is 16.7. The van der Waals surface area contributed by atoms with Crippen molar-refractivity contribution in [1.82, 2.24) is 0 Å². The third kappa shape index (κ3) is 5.77. The number of hydrogen-bond donors (Lipinski definition) is 1. The normalized spacial score (nSPS) is 13.1. The Morgan fingerprint density at radius 1 is 1.45 bits per heavy atom. The van der Waals surface area contributed by atoms with Crippen molar-refractivity contribution in [3.05, 3.63) is 32.8 Å². The third-order valence-electron chi connectivity index (χ3n) is 2.66. The summed E-state index contributed by atoms with van der Waals surface area (Å²) in [7, 11) is 0. The zero-order valence-electron chi connectivity index (χ0n) is 10.7. The first-order valence-electron chi connectivity index (χ1n) is 5.96. The maximum atomic E-state index is 12.0. The van der Waals surface area contributed by atoms with Crippen LogP contribution in [-0.2, 0) is 0 Å². The molecule has 0 aliphatic heterocycles. The molecule has 0 saturated carbocycles. The van der Waals surface area contributed by atoms with Gasteiger partial charge in [0.1, 0.15) is 0 Å². The number of nitro benzene ring substituents is 1. The fourth-order valence-electron chi connectivity index (χ4n) is 1.68. The summed E-state index contributed by atoms with van der Waals surface area (Å²) < 4.78 is 36.7. The molecule has 1 rings (SSSR count). The van der Waals surface area contributed by atoms with E-state index in [-0.39, 0.29) is 18.2 Å². The fraction of sp³-hybridized carbons (Fsp3) is 0.500. The van der Waals surface area contributed by atoms with Crippen LogP contribution in [0, 0.1) is 10.1 Å². The Morgan fingerprint density at radius 2 is 2.10 bits per heavy atom. The SMILES string of the molecule is CC(CCCC(F)(F)F)Nc1cc([N+](=O)[O-])ccc1Br. The summed E-state index contributed by atoms with van der Waals surface area (Å²) >= 11 is 3.24. The number of alkyl halides is 3. The summed E-state index contributed by atoms with van der Waals surface area (Å²) in [5.41, 5.74) is 0.428. The number of anilines is 1. The largest absolute Gasteiger partial charge is 0.389 e. The van der Waals surface area contributed by atoms with Crippen LogP contribution in [0.3, 0.4) is 0 Å². The van der Waals surface area contributed by atoms with Crippen LogP contribution in [0.1, 0.15) is 26.2 Å². The Bertz CT molecular complexity index is 480. The molecule has 4 nitrogen and oxygen atoms in total. The van der Waals surface area contributed by atoms with Crippen molar-refractivity contribution in [1.29, 1.82) is 0 Å².